The van der Waals surface area contributed by atoms with Crippen LogP contribution in [0.5, 0.6) is 0 Å². The van der Waals surface area contributed by atoms with Gasteiger partial charge in [-0.15, -0.1) is 0 Å². The van der Waals surface area contributed by atoms with Crippen LogP contribution in [0, 0.1) is 5.92 Å². The van der Waals surface area contributed by atoms with E-state index >= 15 is 0 Å². The van der Waals surface area contributed by atoms with Crippen molar-refractivity contribution in [2.75, 3.05) is 0 Å². The Bertz CT molecular complexity index is 565. The van der Waals surface area contributed by atoms with Crippen LogP contribution in [-0.2, 0) is 5.41 Å². The summed E-state index contributed by atoms with van der Waals surface area (Å²) >= 11 is 0. The zero-order valence-corrected chi connectivity index (χ0v) is 11.8. The summed E-state index contributed by atoms with van der Waals surface area (Å²) in [5, 5.41) is 0. The first-order valence-corrected chi connectivity index (χ1v) is 7.63. The van der Waals surface area contributed by atoms with Gasteiger partial charge in [0.1, 0.15) is 0 Å². The predicted octanol–water partition coefficient (Wildman–Crippen LogP) is 3.87. The second-order valence-electron chi connectivity index (χ2n) is 6.65. The van der Waals surface area contributed by atoms with Crippen LogP contribution in [-0.4, -0.2) is 5.54 Å². The fourth-order valence-electron chi connectivity index (χ4n) is 4.16. The Labute approximate surface area is 120 Å². The summed E-state index contributed by atoms with van der Waals surface area (Å²) in [6.45, 7) is 0. The second kappa shape index (κ2) is 4.20. The van der Waals surface area contributed by atoms with Crippen molar-refractivity contribution in [1.29, 1.82) is 0 Å². The zero-order chi connectivity index (χ0) is 13.6. The molecule has 2 N–H and O–H groups in total. The van der Waals surface area contributed by atoms with Gasteiger partial charge in [0.05, 0.1) is 0 Å². The normalized spacial score (nSPS) is 30.6. The molecule has 0 aliphatic heterocycles. The number of nitrogens with two attached hydrogens (primary N) is 1. The van der Waals surface area contributed by atoms with Crippen LogP contribution in [0.4, 0.5) is 0 Å². The molecule has 102 valence electrons. The minimum absolute atomic E-state index is 0.160. The van der Waals surface area contributed by atoms with Crippen molar-refractivity contribution in [1.82, 2.24) is 0 Å². The highest BCUT2D eigenvalue weighted by Gasteiger charge is 2.58. The third-order valence-corrected chi connectivity index (χ3v) is 5.54. The fourth-order valence-corrected chi connectivity index (χ4v) is 4.16. The lowest BCUT2D eigenvalue weighted by molar-refractivity contribution is 0.307. The van der Waals surface area contributed by atoms with E-state index in [0.29, 0.717) is 5.92 Å². The molecule has 1 nitrogen and oxygen atoms in total. The molecule has 1 heteroatoms. The van der Waals surface area contributed by atoms with E-state index in [0.717, 1.165) is 6.42 Å². The molecule has 2 fully saturated rings. The topological polar surface area (TPSA) is 26.0 Å². The smallest absolute Gasteiger partial charge is 0.0206 e. The lowest BCUT2D eigenvalue weighted by Crippen LogP contribution is -2.39. The van der Waals surface area contributed by atoms with E-state index in [-0.39, 0.29) is 11.0 Å². The molecule has 0 radical (unpaired) electrons. The summed E-state index contributed by atoms with van der Waals surface area (Å²) < 4.78 is 0. The Kier molecular flexibility index (Phi) is 2.55. The average molecular weight is 263 g/mol. The molecule has 2 unspecified atom stereocenters. The summed E-state index contributed by atoms with van der Waals surface area (Å²) in [7, 11) is 0. The van der Waals surface area contributed by atoms with Crippen LogP contribution in [0.3, 0.4) is 0 Å². The van der Waals surface area contributed by atoms with Gasteiger partial charge in [-0.1, -0.05) is 60.7 Å². The SMILES string of the molecule is NC12CCC(c3ccccc3)(c3ccccc3)CC1C2. The highest BCUT2D eigenvalue weighted by atomic mass is 14.9. The van der Waals surface area contributed by atoms with E-state index in [1.165, 1.54) is 30.4 Å². The Morgan fingerprint density at radius 1 is 0.750 bits per heavy atom. The highest BCUT2D eigenvalue weighted by Crippen LogP contribution is 2.59. The van der Waals surface area contributed by atoms with Crippen molar-refractivity contribution in [3.8, 4) is 0 Å². The van der Waals surface area contributed by atoms with Crippen LogP contribution in [0.1, 0.15) is 36.8 Å². The van der Waals surface area contributed by atoms with Crippen LogP contribution in [0.2, 0.25) is 0 Å². The summed E-state index contributed by atoms with van der Waals surface area (Å²) in [6, 6.07) is 22.0. The monoisotopic (exact) mass is 263 g/mol. The van der Waals surface area contributed by atoms with Gasteiger partial charge in [-0.2, -0.15) is 0 Å². The molecule has 0 aromatic heterocycles. The van der Waals surface area contributed by atoms with E-state index in [2.05, 4.69) is 60.7 Å². The molecule has 0 bridgehead atoms. The average Bonchev–Trinajstić information content (AvgIpc) is 3.19. The molecule has 2 saturated carbocycles. The Hall–Kier alpha value is -1.60. The molecular weight excluding hydrogens is 242 g/mol. The first-order valence-electron chi connectivity index (χ1n) is 7.63. The number of benzene rings is 2. The van der Waals surface area contributed by atoms with Crippen molar-refractivity contribution in [3.63, 3.8) is 0 Å². The lowest BCUT2D eigenvalue weighted by Gasteiger charge is -2.40. The lowest BCUT2D eigenvalue weighted by atomic mass is 9.64. The van der Waals surface area contributed by atoms with Crippen molar-refractivity contribution in [2.24, 2.45) is 11.7 Å². The molecule has 20 heavy (non-hydrogen) atoms. The highest BCUT2D eigenvalue weighted by molar-refractivity contribution is 5.42. The van der Waals surface area contributed by atoms with Gasteiger partial charge < -0.3 is 5.73 Å². The van der Waals surface area contributed by atoms with Gasteiger partial charge in [-0.3, -0.25) is 0 Å². The number of rotatable bonds is 2. The van der Waals surface area contributed by atoms with Gasteiger partial charge in [-0.25, -0.2) is 0 Å². The van der Waals surface area contributed by atoms with E-state index in [9.17, 15) is 0 Å². The fraction of sp³-hybridized carbons (Fsp3) is 0.368. The second-order valence-corrected chi connectivity index (χ2v) is 6.65. The van der Waals surface area contributed by atoms with Crippen LogP contribution >= 0.6 is 0 Å². The quantitative estimate of drug-likeness (QED) is 0.874. The number of hydrogen-bond acceptors (Lipinski definition) is 1. The van der Waals surface area contributed by atoms with E-state index < -0.39 is 0 Å². The molecule has 0 spiro atoms. The van der Waals surface area contributed by atoms with Gasteiger partial charge in [0, 0.05) is 11.0 Å². The van der Waals surface area contributed by atoms with Gasteiger partial charge >= 0.3 is 0 Å². The minimum atomic E-state index is 0.160. The molecule has 2 atom stereocenters. The van der Waals surface area contributed by atoms with Crippen molar-refractivity contribution < 1.29 is 0 Å². The molecule has 0 amide bonds. The first kappa shape index (κ1) is 12.2. The molecule has 0 saturated heterocycles. The van der Waals surface area contributed by atoms with E-state index in [4.69, 9.17) is 5.73 Å². The third-order valence-electron chi connectivity index (χ3n) is 5.54. The predicted molar refractivity (Wildman–Crippen MR) is 82.5 cm³/mol. The Balaban J connectivity index is 1.82. The molecule has 2 aliphatic rings. The van der Waals surface area contributed by atoms with Gasteiger partial charge in [0.25, 0.3) is 0 Å². The molecule has 2 aliphatic carbocycles. The molecule has 2 aromatic carbocycles. The molecule has 2 aromatic rings. The maximum absolute atomic E-state index is 6.43. The minimum Gasteiger partial charge on any atom is -0.325 e. The molecule has 4 rings (SSSR count). The Morgan fingerprint density at radius 3 is 1.80 bits per heavy atom. The van der Waals surface area contributed by atoms with Crippen LogP contribution in [0.15, 0.2) is 60.7 Å². The van der Waals surface area contributed by atoms with Crippen LogP contribution in [0.25, 0.3) is 0 Å². The largest absolute Gasteiger partial charge is 0.325 e. The van der Waals surface area contributed by atoms with Gasteiger partial charge in [-0.05, 0) is 42.7 Å². The summed E-state index contributed by atoms with van der Waals surface area (Å²) in [4.78, 5) is 0. The number of fused-ring (bicyclic) bond motifs is 1. The molecule has 0 heterocycles. The van der Waals surface area contributed by atoms with Gasteiger partial charge in [0.15, 0.2) is 0 Å². The van der Waals surface area contributed by atoms with Crippen molar-refractivity contribution in [2.45, 2.75) is 36.6 Å². The maximum atomic E-state index is 6.43. The number of hydrogen-bond donors (Lipinski definition) is 1. The summed E-state index contributed by atoms with van der Waals surface area (Å²) in [5.41, 5.74) is 9.68. The maximum Gasteiger partial charge on any atom is 0.0206 e. The first-order chi connectivity index (χ1) is 9.73. The summed E-state index contributed by atoms with van der Waals surface area (Å²) in [5.74, 6) is 0.705. The van der Waals surface area contributed by atoms with E-state index in [1.807, 2.05) is 0 Å². The third kappa shape index (κ3) is 1.73. The Morgan fingerprint density at radius 2 is 1.30 bits per heavy atom. The van der Waals surface area contributed by atoms with Gasteiger partial charge in [0.2, 0.25) is 0 Å². The van der Waals surface area contributed by atoms with Crippen LogP contribution < -0.4 is 5.73 Å². The summed E-state index contributed by atoms with van der Waals surface area (Å²) in [6.07, 6.45) is 4.75. The standard InChI is InChI=1S/C19H21N/c20-19-12-11-18(13-17(19)14-19,15-7-3-1-4-8-15)16-9-5-2-6-10-16/h1-10,17H,11-14,20H2. The van der Waals surface area contributed by atoms with Crippen molar-refractivity contribution in [3.05, 3.63) is 71.8 Å². The van der Waals surface area contributed by atoms with E-state index in [1.54, 1.807) is 0 Å². The zero-order valence-electron chi connectivity index (χ0n) is 11.8. The molecular formula is C19H21N. The van der Waals surface area contributed by atoms with Crippen molar-refractivity contribution >= 4 is 0 Å².